The molecule has 0 saturated heterocycles. The van der Waals surface area contributed by atoms with Gasteiger partial charge in [0.2, 0.25) is 0 Å². The highest BCUT2D eigenvalue weighted by molar-refractivity contribution is 5.86. The molecule has 1 unspecified atom stereocenters. The third-order valence-electron chi connectivity index (χ3n) is 9.55. The molecule has 0 spiro atoms. The van der Waals surface area contributed by atoms with Gasteiger partial charge in [-0.05, 0) is 82.0 Å². The van der Waals surface area contributed by atoms with Gasteiger partial charge in [-0.25, -0.2) is 0 Å². The lowest BCUT2D eigenvalue weighted by Gasteiger charge is -2.41. The van der Waals surface area contributed by atoms with Crippen molar-refractivity contribution >= 4 is 5.78 Å². The SMILES string of the molecule is CCCCCC=CCC=CCCCCCCCCC1(CCCCCCCC2C=C2CC=CCCCCC)CC(=O)C1. The van der Waals surface area contributed by atoms with E-state index in [4.69, 9.17) is 0 Å². The third kappa shape index (κ3) is 18.7. The van der Waals surface area contributed by atoms with E-state index in [0.29, 0.717) is 11.2 Å². The molecule has 0 aromatic heterocycles. The maximum atomic E-state index is 11.9. The predicted octanol–water partition coefficient (Wildman–Crippen LogP) is 13.4. The number of carbonyl (C=O) groups is 1. The van der Waals surface area contributed by atoms with Crippen molar-refractivity contribution in [3.63, 3.8) is 0 Å². The number of hydrogen-bond donors (Lipinski definition) is 0. The fourth-order valence-corrected chi connectivity index (χ4v) is 6.69. The zero-order chi connectivity index (χ0) is 29.3. The molecule has 1 fully saturated rings. The van der Waals surface area contributed by atoms with Crippen LogP contribution in [0.1, 0.15) is 187 Å². The summed E-state index contributed by atoms with van der Waals surface area (Å²) >= 11 is 0. The zero-order valence-electron chi connectivity index (χ0n) is 27.6. The van der Waals surface area contributed by atoms with E-state index in [1.807, 2.05) is 0 Å². The van der Waals surface area contributed by atoms with E-state index in [-0.39, 0.29) is 0 Å². The molecular weight excluding hydrogens is 496 g/mol. The summed E-state index contributed by atoms with van der Waals surface area (Å²) in [6.45, 7) is 4.54. The van der Waals surface area contributed by atoms with Gasteiger partial charge in [0.05, 0.1) is 0 Å². The van der Waals surface area contributed by atoms with Gasteiger partial charge in [-0.2, -0.15) is 0 Å². The number of Topliss-reactive ketones (excluding diaryl/α,β-unsaturated/α-hetero) is 1. The van der Waals surface area contributed by atoms with Crippen LogP contribution in [-0.2, 0) is 4.79 Å². The molecule has 2 aliphatic rings. The van der Waals surface area contributed by atoms with Crippen LogP contribution in [-0.4, -0.2) is 5.78 Å². The Balaban J connectivity index is 1.37. The van der Waals surface area contributed by atoms with Crippen molar-refractivity contribution in [2.45, 2.75) is 187 Å². The van der Waals surface area contributed by atoms with Crippen molar-refractivity contribution in [2.24, 2.45) is 11.3 Å². The van der Waals surface area contributed by atoms with E-state index >= 15 is 0 Å². The van der Waals surface area contributed by atoms with Crippen molar-refractivity contribution in [1.82, 2.24) is 0 Å². The van der Waals surface area contributed by atoms with Gasteiger partial charge in [0.25, 0.3) is 0 Å². The quantitative estimate of drug-likeness (QED) is 0.0652. The molecule has 0 N–H and O–H groups in total. The first-order valence-corrected chi connectivity index (χ1v) is 18.4. The molecule has 1 saturated carbocycles. The molecule has 1 atom stereocenters. The lowest BCUT2D eigenvalue weighted by atomic mass is 9.62. The molecule has 1 nitrogen and oxygen atoms in total. The molecule has 2 aliphatic carbocycles. The Bertz CT molecular complexity index is 758. The van der Waals surface area contributed by atoms with Gasteiger partial charge in [-0.3, -0.25) is 4.79 Å². The fourth-order valence-electron chi connectivity index (χ4n) is 6.69. The van der Waals surface area contributed by atoms with Gasteiger partial charge >= 0.3 is 0 Å². The second-order valence-electron chi connectivity index (χ2n) is 13.6. The Hall–Kier alpha value is -1.37. The van der Waals surface area contributed by atoms with Crippen molar-refractivity contribution in [3.8, 4) is 0 Å². The summed E-state index contributed by atoms with van der Waals surface area (Å²) in [5.41, 5.74) is 2.08. The highest BCUT2D eigenvalue weighted by atomic mass is 16.1. The van der Waals surface area contributed by atoms with Crippen LogP contribution in [0.5, 0.6) is 0 Å². The van der Waals surface area contributed by atoms with Gasteiger partial charge < -0.3 is 0 Å². The molecule has 2 rings (SSSR count). The molecule has 0 amide bonds. The number of rotatable bonds is 29. The highest BCUT2D eigenvalue weighted by Gasteiger charge is 2.41. The normalized spacial score (nSPS) is 18.1. The lowest BCUT2D eigenvalue weighted by Crippen LogP contribution is -2.37. The Morgan fingerprint density at radius 3 is 1.66 bits per heavy atom. The first kappa shape index (κ1) is 35.8. The number of unbranched alkanes of at least 4 members (excludes halogenated alkanes) is 16. The molecule has 0 radical (unpaired) electrons. The average molecular weight is 565 g/mol. The van der Waals surface area contributed by atoms with E-state index in [9.17, 15) is 4.79 Å². The molecule has 0 bridgehead atoms. The Morgan fingerprint density at radius 2 is 1.10 bits per heavy atom. The average Bonchev–Trinajstić information content (AvgIpc) is 3.71. The number of carbonyl (C=O) groups excluding carboxylic acids is 1. The van der Waals surface area contributed by atoms with Crippen LogP contribution in [0.4, 0.5) is 0 Å². The molecule has 234 valence electrons. The minimum Gasteiger partial charge on any atom is -0.300 e. The Labute approximate surface area is 256 Å². The van der Waals surface area contributed by atoms with Crippen LogP contribution >= 0.6 is 0 Å². The Kier molecular flexibility index (Phi) is 21.1. The zero-order valence-corrected chi connectivity index (χ0v) is 27.6. The van der Waals surface area contributed by atoms with Crippen LogP contribution in [0.2, 0.25) is 0 Å². The van der Waals surface area contributed by atoms with E-state index in [1.54, 1.807) is 5.57 Å². The largest absolute Gasteiger partial charge is 0.300 e. The Morgan fingerprint density at radius 1 is 0.610 bits per heavy atom. The maximum absolute atomic E-state index is 11.9. The monoisotopic (exact) mass is 565 g/mol. The lowest BCUT2D eigenvalue weighted by molar-refractivity contribution is -0.133. The summed E-state index contributed by atoms with van der Waals surface area (Å²) in [4.78, 5) is 11.9. The maximum Gasteiger partial charge on any atom is 0.134 e. The number of allylic oxidation sites excluding steroid dienone is 8. The van der Waals surface area contributed by atoms with Crippen LogP contribution in [0, 0.1) is 11.3 Å². The molecule has 0 heterocycles. The summed E-state index contributed by atoms with van der Waals surface area (Å²) in [5, 5.41) is 0. The predicted molar refractivity (Wildman–Crippen MR) is 182 cm³/mol. The second kappa shape index (κ2) is 24.1. The summed E-state index contributed by atoms with van der Waals surface area (Å²) in [7, 11) is 0. The second-order valence-corrected chi connectivity index (χ2v) is 13.6. The smallest absolute Gasteiger partial charge is 0.134 e. The minimum atomic E-state index is 0.392. The summed E-state index contributed by atoms with van der Waals surface area (Å²) in [5.74, 6) is 1.35. The summed E-state index contributed by atoms with van der Waals surface area (Å²) in [6, 6.07) is 0. The van der Waals surface area contributed by atoms with Crippen LogP contribution in [0.15, 0.2) is 48.1 Å². The van der Waals surface area contributed by atoms with Gasteiger partial charge in [-0.1, -0.05) is 152 Å². The van der Waals surface area contributed by atoms with E-state index < -0.39 is 0 Å². The molecule has 41 heavy (non-hydrogen) atoms. The fraction of sp³-hybridized carbons (Fsp3) is 0.775. The topological polar surface area (TPSA) is 17.1 Å². The summed E-state index contributed by atoms with van der Waals surface area (Å²) in [6.07, 6.45) is 51.6. The minimum absolute atomic E-state index is 0.392. The van der Waals surface area contributed by atoms with Crippen LogP contribution in [0.25, 0.3) is 0 Å². The molecule has 1 heteroatoms. The van der Waals surface area contributed by atoms with Crippen LogP contribution < -0.4 is 0 Å². The van der Waals surface area contributed by atoms with Crippen molar-refractivity contribution in [2.75, 3.05) is 0 Å². The molecule has 0 aliphatic heterocycles. The van der Waals surface area contributed by atoms with Crippen molar-refractivity contribution in [3.05, 3.63) is 48.1 Å². The highest BCUT2D eigenvalue weighted by Crippen LogP contribution is 2.47. The van der Waals surface area contributed by atoms with Crippen LogP contribution in [0.3, 0.4) is 0 Å². The van der Waals surface area contributed by atoms with E-state index in [0.717, 1.165) is 25.2 Å². The van der Waals surface area contributed by atoms with Gasteiger partial charge in [0.1, 0.15) is 5.78 Å². The molecular formula is C40H68O. The van der Waals surface area contributed by atoms with Crippen molar-refractivity contribution in [1.29, 1.82) is 0 Å². The van der Waals surface area contributed by atoms with E-state index in [1.165, 1.54) is 154 Å². The van der Waals surface area contributed by atoms with Crippen molar-refractivity contribution < 1.29 is 4.79 Å². The first-order chi connectivity index (χ1) is 20.2. The van der Waals surface area contributed by atoms with Gasteiger partial charge in [0.15, 0.2) is 0 Å². The van der Waals surface area contributed by atoms with E-state index in [2.05, 4.69) is 56.4 Å². The molecule has 0 aromatic carbocycles. The molecule has 0 aromatic rings. The number of ketones is 1. The first-order valence-electron chi connectivity index (χ1n) is 18.4. The van der Waals surface area contributed by atoms with Gasteiger partial charge in [0, 0.05) is 12.8 Å². The third-order valence-corrected chi connectivity index (χ3v) is 9.55. The standard InChI is InChI=1S/C40H68O/c1-3-5-7-9-11-12-13-14-15-16-17-18-19-20-24-28-32-40(35-39(41)36-40)33-29-25-21-23-27-31-38-34-37(38)30-26-22-10-8-6-4-2/h11-12,14-15,22,26,34,38H,3-10,13,16-21,23-25,27-33,35-36H2,1-2H3. The van der Waals surface area contributed by atoms with Gasteiger partial charge in [-0.15, -0.1) is 0 Å². The number of hydrogen-bond acceptors (Lipinski definition) is 1. The summed E-state index contributed by atoms with van der Waals surface area (Å²) < 4.78 is 0.